The highest BCUT2D eigenvalue weighted by Gasteiger charge is 2.41. The number of morpholine rings is 1. The normalized spacial score (nSPS) is 23.7. The van der Waals surface area contributed by atoms with Gasteiger partial charge in [0.25, 0.3) is 0 Å². The van der Waals surface area contributed by atoms with Gasteiger partial charge in [0.1, 0.15) is 11.4 Å². The lowest BCUT2D eigenvalue weighted by Crippen LogP contribution is -2.59. The van der Waals surface area contributed by atoms with Crippen LogP contribution in [0, 0.1) is 0 Å². The first kappa shape index (κ1) is 19.2. The van der Waals surface area contributed by atoms with Gasteiger partial charge in [-0.05, 0) is 17.7 Å². The molecular weight excluding hydrogens is 356 g/mol. The molecule has 2 saturated heterocycles. The molecule has 4 rings (SSSR count). The van der Waals surface area contributed by atoms with E-state index in [4.69, 9.17) is 13.9 Å². The summed E-state index contributed by atoms with van der Waals surface area (Å²) < 4.78 is 17.7. The second kappa shape index (κ2) is 8.47. The van der Waals surface area contributed by atoms with Crippen molar-refractivity contribution in [3.63, 3.8) is 0 Å². The fraction of sp³-hybridized carbons (Fsp3) is 0.500. The Morgan fingerprint density at radius 2 is 2.00 bits per heavy atom. The van der Waals surface area contributed by atoms with E-state index in [0.717, 1.165) is 31.0 Å². The van der Waals surface area contributed by atoms with Crippen molar-refractivity contribution >= 4 is 5.91 Å². The molecule has 2 aromatic rings. The molecule has 0 N–H and O–H groups in total. The van der Waals surface area contributed by atoms with Crippen LogP contribution in [0.25, 0.3) is 11.3 Å². The first-order valence-corrected chi connectivity index (χ1v) is 10.0. The van der Waals surface area contributed by atoms with Crippen LogP contribution in [0.2, 0.25) is 0 Å². The third-order valence-electron chi connectivity index (χ3n) is 5.53. The molecule has 2 fully saturated rings. The van der Waals surface area contributed by atoms with Crippen molar-refractivity contribution in [2.45, 2.75) is 25.5 Å². The number of nitrogens with zero attached hydrogens (tertiary/aromatic N) is 2. The second-order valence-electron chi connectivity index (χ2n) is 7.60. The van der Waals surface area contributed by atoms with Crippen molar-refractivity contribution in [3.8, 4) is 11.3 Å². The molecule has 1 aromatic heterocycles. The average molecular weight is 384 g/mol. The number of hydrogen-bond donors (Lipinski definition) is 0. The molecule has 6 heteroatoms. The van der Waals surface area contributed by atoms with Crippen molar-refractivity contribution in [1.29, 1.82) is 0 Å². The van der Waals surface area contributed by atoms with Gasteiger partial charge in [0.05, 0.1) is 32.6 Å². The maximum atomic E-state index is 12.3. The lowest BCUT2D eigenvalue weighted by molar-refractivity contribution is -0.152. The Morgan fingerprint density at radius 1 is 1.11 bits per heavy atom. The minimum Gasteiger partial charge on any atom is -0.464 e. The van der Waals surface area contributed by atoms with E-state index in [0.29, 0.717) is 39.3 Å². The third kappa shape index (κ3) is 4.14. The number of furan rings is 1. The molecule has 0 unspecified atom stereocenters. The number of carbonyl (C=O) groups is 1. The van der Waals surface area contributed by atoms with Crippen molar-refractivity contribution in [1.82, 2.24) is 9.80 Å². The summed E-state index contributed by atoms with van der Waals surface area (Å²) in [6.45, 7) is 7.28. The van der Waals surface area contributed by atoms with Gasteiger partial charge in [-0.3, -0.25) is 9.69 Å². The molecule has 0 bridgehead atoms. The van der Waals surface area contributed by atoms with Gasteiger partial charge < -0.3 is 18.8 Å². The zero-order valence-electron chi connectivity index (χ0n) is 16.4. The number of benzene rings is 1. The van der Waals surface area contributed by atoms with Crippen LogP contribution in [0.4, 0.5) is 0 Å². The zero-order valence-corrected chi connectivity index (χ0v) is 16.4. The molecule has 3 heterocycles. The number of ether oxygens (including phenoxy) is 2. The summed E-state index contributed by atoms with van der Waals surface area (Å²) in [5, 5.41) is 0. The Bertz CT molecular complexity index is 792. The monoisotopic (exact) mass is 384 g/mol. The molecule has 2 aliphatic heterocycles. The highest BCUT2D eigenvalue weighted by molar-refractivity contribution is 5.76. The van der Waals surface area contributed by atoms with Crippen LogP contribution in [0.3, 0.4) is 0 Å². The van der Waals surface area contributed by atoms with E-state index in [2.05, 4.69) is 23.1 Å². The molecule has 150 valence electrons. The standard InChI is InChI=1S/C22H28N2O4/c1-2-21(25)24-10-12-26-17-22(16-24)15-23(9-13-28-22)14-18-6-3-4-7-19(18)20-8-5-11-27-20/h3-8,11H,2,9-10,12-17H2,1H3/t22-/m0/s1. The lowest BCUT2D eigenvalue weighted by Gasteiger charge is -2.43. The summed E-state index contributed by atoms with van der Waals surface area (Å²) >= 11 is 0. The van der Waals surface area contributed by atoms with Gasteiger partial charge in [-0.15, -0.1) is 0 Å². The van der Waals surface area contributed by atoms with E-state index in [9.17, 15) is 4.79 Å². The summed E-state index contributed by atoms with van der Waals surface area (Å²) in [4.78, 5) is 16.6. The van der Waals surface area contributed by atoms with Crippen LogP contribution in [0.15, 0.2) is 47.1 Å². The topological polar surface area (TPSA) is 55.2 Å². The minimum atomic E-state index is -0.459. The first-order valence-electron chi connectivity index (χ1n) is 10.0. The van der Waals surface area contributed by atoms with Crippen LogP contribution in [0.1, 0.15) is 18.9 Å². The molecule has 0 radical (unpaired) electrons. The molecular formula is C22H28N2O4. The summed E-state index contributed by atoms with van der Waals surface area (Å²) in [6, 6.07) is 12.3. The van der Waals surface area contributed by atoms with Gasteiger partial charge in [-0.25, -0.2) is 0 Å². The summed E-state index contributed by atoms with van der Waals surface area (Å²) in [6.07, 6.45) is 2.22. The van der Waals surface area contributed by atoms with E-state index < -0.39 is 5.60 Å². The van der Waals surface area contributed by atoms with Crippen molar-refractivity contribution in [2.24, 2.45) is 0 Å². The van der Waals surface area contributed by atoms with Crippen LogP contribution in [0.5, 0.6) is 0 Å². The first-order chi connectivity index (χ1) is 13.7. The molecule has 2 aliphatic rings. The van der Waals surface area contributed by atoms with Crippen molar-refractivity contribution < 1.29 is 18.7 Å². The van der Waals surface area contributed by atoms with E-state index >= 15 is 0 Å². The molecule has 6 nitrogen and oxygen atoms in total. The number of hydrogen-bond acceptors (Lipinski definition) is 5. The van der Waals surface area contributed by atoms with Gasteiger partial charge in [0.2, 0.25) is 5.91 Å². The molecule has 1 aromatic carbocycles. The average Bonchev–Trinajstić information content (AvgIpc) is 3.17. The SMILES string of the molecule is CCC(=O)N1CCOC[C@]2(CN(Cc3ccccc3-c3ccco3)CCO2)C1. The van der Waals surface area contributed by atoms with Gasteiger partial charge >= 0.3 is 0 Å². The Kier molecular flexibility index (Phi) is 5.80. The summed E-state index contributed by atoms with van der Waals surface area (Å²) in [7, 11) is 0. The molecule has 1 amide bonds. The Balaban J connectivity index is 1.51. The molecule has 28 heavy (non-hydrogen) atoms. The molecule has 0 saturated carbocycles. The number of amides is 1. The van der Waals surface area contributed by atoms with Crippen molar-refractivity contribution in [2.75, 3.05) is 46.0 Å². The van der Waals surface area contributed by atoms with E-state index in [1.54, 1.807) is 6.26 Å². The lowest BCUT2D eigenvalue weighted by atomic mass is 9.99. The zero-order chi connectivity index (χ0) is 19.4. The maximum absolute atomic E-state index is 12.3. The van der Waals surface area contributed by atoms with E-state index in [1.807, 2.05) is 30.0 Å². The fourth-order valence-corrected chi connectivity index (χ4v) is 4.15. The fourth-order valence-electron chi connectivity index (χ4n) is 4.15. The Morgan fingerprint density at radius 3 is 2.82 bits per heavy atom. The van der Waals surface area contributed by atoms with Crippen LogP contribution < -0.4 is 0 Å². The van der Waals surface area contributed by atoms with Gasteiger partial charge in [-0.2, -0.15) is 0 Å². The van der Waals surface area contributed by atoms with E-state index in [1.165, 1.54) is 5.56 Å². The Labute approximate surface area is 166 Å². The Hall–Kier alpha value is -2.15. The van der Waals surface area contributed by atoms with Gasteiger partial charge in [-0.1, -0.05) is 31.2 Å². The van der Waals surface area contributed by atoms with Crippen LogP contribution in [-0.4, -0.2) is 67.3 Å². The highest BCUT2D eigenvalue weighted by atomic mass is 16.5. The van der Waals surface area contributed by atoms with E-state index in [-0.39, 0.29) is 5.91 Å². The minimum absolute atomic E-state index is 0.161. The number of rotatable bonds is 4. The molecule has 1 spiro atoms. The largest absolute Gasteiger partial charge is 0.464 e. The van der Waals surface area contributed by atoms with Gasteiger partial charge in [0.15, 0.2) is 0 Å². The van der Waals surface area contributed by atoms with Crippen LogP contribution >= 0.6 is 0 Å². The number of carbonyl (C=O) groups excluding carboxylic acids is 1. The predicted octanol–water partition coefficient (Wildman–Crippen LogP) is 2.79. The van der Waals surface area contributed by atoms with Gasteiger partial charge in [0, 0.05) is 38.2 Å². The predicted molar refractivity (Wildman–Crippen MR) is 106 cm³/mol. The summed E-state index contributed by atoms with van der Waals surface area (Å²) in [5.74, 6) is 1.05. The smallest absolute Gasteiger partial charge is 0.222 e. The maximum Gasteiger partial charge on any atom is 0.222 e. The summed E-state index contributed by atoms with van der Waals surface area (Å²) in [5.41, 5.74) is 1.89. The molecule has 1 atom stereocenters. The molecule has 0 aliphatic carbocycles. The quantitative estimate of drug-likeness (QED) is 0.811. The van der Waals surface area contributed by atoms with Crippen LogP contribution in [-0.2, 0) is 20.8 Å². The second-order valence-corrected chi connectivity index (χ2v) is 7.60. The third-order valence-corrected chi connectivity index (χ3v) is 5.53. The highest BCUT2D eigenvalue weighted by Crippen LogP contribution is 2.28. The van der Waals surface area contributed by atoms with Crippen molar-refractivity contribution in [3.05, 3.63) is 48.2 Å².